The van der Waals surface area contributed by atoms with Crippen molar-refractivity contribution in [3.63, 3.8) is 0 Å². The Morgan fingerprint density at radius 1 is 0.862 bits per heavy atom. The molecular formula is C24H19NO3S. The van der Waals surface area contributed by atoms with Crippen molar-refractivity contribution in [2.75, 3.05) is 18.1 Å². The van der Waals surface area contributed by atoms with Crippen molar-refractivity contribution in [1.82, 2.24) is 0 Å². The number of amides is 1. The number of carbonyl (C=O) groups is 1. The van der Waals surface area contributed by atoms with E-state index in [4.69, 9.17) is 9.47 Å². The largest absolute Gasteiger partial charge is 0.486 e. The second kappa shape index (κ2) is 7.60. The highest BCUT2D eigenvalue weighted by molar-refractivity contribution is 7.09. The van der Waals surface area contributed by atoms with E-state index in [-0.39, 0.29) is 5.91 Å². The topological polar surface area (TPSA) is 38.8 Å². The van der Waals surface area contributed by atoms with Gasteiger partial charge in [-0.2, -0.15) is 0 Å². The molecule has 4 aromatic rings. The molecule has 0 fully saturated rings. The van der Waals surface area contributed by atoms with Gasteiger partial charge >= 0.3 is 0 Å². The summed E-state index contributed by atoms with van der Waals surface area (Å²) in [6.45, 7) is 1.56. The van der Waals surface area contributed by atoms with Gasteiger partial charge in [-0.3, -0.25) is 4.79 Å². The van der Waals surface area contributed by atoms with E-state index in [2.05, 4.69) is 0 Å². The highest BCUT2D eigenvalue weighted by Gasteiger charge is 2.22. The first-order valence-corrected chi connectivity index (χ1v) is 10.4. The molecule has 0 saturated heterocycles. The fraction of sp³-hybridized carbons (Fsp3) is 0.125. The molecule has 0 bridgehead atoms. The van der Waals surface area contributed by atoms with Gasteiger partial charge < -0.3 is 14.4 Å². The Balaban J connectivity index is 1.54. The second-order valence-electron chi connectivity index (χ2n) is 6.86. The van der Waals surface area contributed by atoms with Gasteiger partial charge in [0.2, 0.25) is 0 Å². The molecule has 1 aliphatic rings. The van der Waals surface area contributed by atoms with Crippen molar-refractivity contribution >= 4 is 33.7 Å². The maximum atomic E-state index is 13.5. The normalized spacial score (nSPS) is 12.7. The molecule has 0 saturated carbocycles. The molecule has 0 aliphatic carbocycles. The van der Waals surface area contributed by atoms with Crippen LogP contribution in [-0.2, 0) is 6.54 Å². The van der Waals surface area contributed by atoms with Gasteiger partial charge in [0.05, 0.1) is 6.54 Å². The fourth-order valence-corrected chi connectivity index (χ4v) is 4.21. The molecule has 0 radical (unpaired) electrons. The van der Waals surface area contributed by atoms with Crippen LogP contribution >= 0.6 is 11.3 Å². The van der Waals surface area contributed by atoms with Gasteiger partial charge in [-0.15, -0.1) is 11.3 Å². The second-order valence-corrected chi connectivity index (χ2v) is 7.89. The minimum atomic E-state index is -0.0409. The van der Waals surface area contributed by atoms with Crippen LogP contribution in [0, 0.1) is 0 Å². The Morgan fingerprint density at radius 2 is 1.69 bits per heavy atom. The van der Waals surface area contributed by atoms with Gasteiger partial charge in [-0.25, -0.2) is 0 Å². The number of fused-ring (bicyclic) bond motifs is 2. The van der Waals surface area contributed by atoms with Crippen LogP contribution in [0.4, 0.5) is 5.69 Å². The number of carbonyl (C=O) groups excluding carboxylic acids is 1. The van der Waals surface area contributed by atoms with E-state index in [0.29, 0.717) is 36.8 Å². The molecule has 1 amide bonds. The number of ether oxygens (including phenoxy) is 2. The van der Waals surface area contributed by atoms with E-state index >= 15 is 0 Å². The van der Waals surface area contributed by atoms with E-state index in [1.807, 2.05) is 78.2 Å². The molecule has 1 aromatic heterocycles. The molecule has 144 valence electrons. The molecule has 5 rings (SSSR count). The first-order valence-electron chi connectivity index (χ1n) is 9.51. The monoisotopic (exact) mass is 401 g/mol. The van der Waals surface area contributed by atoms with Crippen molar-refractivity contribution in [3.8, 4) is 11.5 Å². The number of hydrogen-bond donors (Lipinski definition) is 0. The van der Waals surface area contributed by atoms with Gasteiger partial charge in [0.25, 0.3) is 5.91 Å². The number of benzene rings is 3. The lowest BCUT2D eigenvalue weighted by atomic mass is 10.1. The molecule has 29 heavy (non-hydrogen) atoms. The van der Waals surface area contributed by atoms with Gasteiger partial charge in [0.15, 0.2) is 11.5 Å². The lowest BCUT2D eigenvalue weighted by Crippen LogP contribution is -2.30. The highest BCUT2D eigenvalue weighted by atomic mass is 32.1. The zero-order valence-electron chi connectivity index (χ0n) is 15.7. The van der Waals surface area contributed by atoms with E-state index in [1.54, 1.807) is 16.2 Å². The summed E-state index contributed by atoms with van der Waals surface area (Å²) in [5.74, 6) is 1.35. The number of hydrogen-bond acceptors (Lipinski definition) is 4. The van der Waals surface area contributed by atoms with Gasteiger partial charge in [-0.05, 0) is 46.5 Å². The van der Waals surface area contributed by atoms with Crippen LogP contribution in [0.2, 0.25) is 0 Å². The number of nitrogens with zero attached hydrogens (tertiary/aromatic N) is 1. The lowest BCUT2D eigenvalue weighted by Gasteiger charge is -2.25. The summed E-state index contributed by atoms with van der Waals surface area (Å²) >= 11 is 1.64. The van der Waals surface area contributed by atoms with E-state index in [9.17, 15) is 4.79 Å². The number of anilines is 1. The Kier molecular flexibility index (Phi) is 4.66. The summed E-state index contributed by atoms with van der Waals surface area (Å²) in [5.41, 5.74) is 1.45. The summed E-state index contributed by atoms with van der Waals surface area (Å²) in [6, 6.07) is 23.6. The molecule has 2 heterocycles. The maximum Gasteiger partial charge on any atom is 0.258 e. The summed E-state index contributed by atoms with van der Waals surface area (Å²) in [6.07, 6.45) is 0. The van der Waals surface area contributed by atoms with Gasteiger partial charge in [0.1, 0.15) is 13.2 Å². The Labute approximate surface area is 172 Å². The molecule has 0 spiro atoms. The van der Waals surface area contributed by atoms with Crippen molar-refractivity contribution in [1.29, 1.82) is 0 Å². The molecular weight excluding hydrogens is 382 g/mol. The minimum Gasteiger partial charge on any atom is -0.486 e. The molecule has 5 heteroatoms. The quantitative estimate of drug-likeness (QED) is 0.452. The molecule has 0 N–H and O–H groups in total. The Hall–Kier alpha value is -3.31. The Bertz CT molecular complexity index is 1170. The van der Waals surface area contributed by atoms with E-state index in [1.165, 1.54) is 0 Å². The van der Waals surface area contributed by atoms with Gasteiger partial charge in [0, 0.05) is 22.2 Å². The van der Waals surface area contributed by atoms with E-state index in [0.717, 1.165) is 21.3 Å². The van der Waals surface area contributed by atoms with Crippen molar-refractivity contribution in [2.45, 2.75) is 6.54 Å². The number of thiophene rings is 1. The summed E-state index contributed by atoms with van der Waals surface area (Å²) in [7, 11) is 0. The third-order valence-electron chi connectivity index (χ3n) is 4.97. The highest BCUT2D eigenvalue weighted by Crippen LogP contribution is 2.35. The lowest BCUT2D eigenvalue weighted by molar-refractivity contribution is 0.0985. The maximum absolute atomic E-state index is 13.5. The predicted octanol–water partition coefficient (Wildman–Crippen LogP) is 5.52. The van der Waals surface area contributed by atoms with Crippen LogP contribution in [0.1, 0.15) is 15.2 Å². The zero-order valence-corrected chi connectivity index (χ0v) is 16.5. The SMILES string of the molecule is O=C(c1ccc2ccccc2c1)N(Cc1cccs1)c1ccc2c(c1)OCCO2. The van der Waals surface area contributed by atoms with Crippen LogP contribution in [0.3, 0.4) is 0 Å². The molecule has 4 nitrogen and oxygen atoms in total. The van der Waals surface area contributed by atoms with Crippen molar-refractivity contribution < 1.29 is 14.3 Å². The third kappa shape index (κ3) is 3.57. The van der Waals surface area contributed by atoms with Gasteiger partial charge in [-0.1, -0.05) is 36.4 Å². The molecule has 1 aliphatic heterocycles. The fourth-order valence-electron chi connectivity index (χ4n) is 3.52. The van der Waals surface area contributed by atoms with Crippen LogP contribution in [0.25, 0.3) is 10.8 Å². The smallest absolute Gasteiger partial charge is 0.258 e. The summed E-state index contributed by atoms with van der Waals surface area (Å²) < 4.78 is 11.4. The van der Waals surface area contributed by atoms with Crippen molar-refractivity contribution in [3.05, 3.63) is 88.6 Å². The van der Waals surface area contributed by atoms with Crippen LogP contribution in [0.5, 0.6) is 11.5 Å². The van der Waals surface area contributed by atoms with Crippen LogP contribution in [0.15, 0.2) is 78.2 Å². The third-order valence-corrected chi connectivity index (χ3v) is 5.83. The average Bonchev–Trinajstić information content (AvgIpc) is 3.30. The van der Waals surface area contributed by atoms with E-state index < -0.39 is 0 Å². The average molecular weight is 401 g/mol. The van der Waals surface area contributed by atoms with Crippen LogP contribution in [-0.4, -0.2) is 19.1 Å². The Morgan fingerprint density at radius 3 is 2.52 bits per heavy atom. The van der Waals surface area contributed by atoms with Crippen LogP contribution < -0.4 is 14.4 Å². The standard InChI is InChI=1S/C24H19NO3S/c26-24(19-8-7-17-4-1-2-5-18(17)14-19)25(16-21-6-3-13-29-21)20-9-10-22-23(15-20)28-12-11-27-22/h1-10,13-15H,11-12,16H2. The summed E-state index contributed by atoms with van der Waals surface area (Å²) in [5, 5.41) is 4.20. The minimum absolute atomic E-state index is 0.0409. The predicted molar refractivity (Wildman–Crippen MR) is 116 cm³/mol. The first kappa shape index (κ1) is 17.8. The van der Waals surface area contributed by atoms with Crippen molar-refractivity contribution in [2.24, 2.45) is 0 Å². The summed E-state index contributed by atoms with van der Waals surface area (Å²) in [4.78, 5) is 16.5. The number of rotatable bonds is 4. The zero-order chi connectivity index (χ0) is 19.6. The molecule has 3 aromatic carbocycles. The molecule has 0 atom stereocenters. The molecule has 0 unspecified atom stereocenters. The first-order chi connectivity index (χ1) is 14.3.